The molecule has 1 aliphatic heterocycles. The van der Waals surface area contributed by atoms with Crippen LogP contribution in [0.4, 0.5) is 14.5 Å². The van der Waals surface area contributed by atoms with Gasteiger partial charge in [-0.2, -0.15) is 0 Å². The number of aromatic carboxylic acids is 1. The van der Waals surface area contributed by atoms with E-state index < -0.39 is 23.2 Å². The summed E-state index contributed by atoms with van der Waals surface area (Å²) in [5.74, 6) is -3.82. The molecule has 0 aliphatic carbocycles. The minimum Gasteiger partial charge on any atom is -0.478 e. The molecule has 4 nitrogen and oxygen atoms in total. The minimum atomic E-state index is -1.46. The third kappa shape index (κ3) is 2.75. The molecule has 110 valence electrons. The SMILES string of the molecule is CN(C)C1CCN(c2ccc(C(=O)O)c(F)c2F)CC1. The van der Waals surface area contributed by atoms with Crippen LogP contribution in [0.5, 0.6) is 0 Å². The van der Waals surface area contributed by atoms with Crippen LogP contribution in [0.3, 0.4) is 0 Å². The lowest BCUT2D eigenvalue weighted by Crippen LogP contribution is -2.42. The molecular formula is C14H18F2N2O2. The van der Waals surface area contributed by atoms with Gasteiger partial charge in [-0.3, -0.25) is 0 Å². The molecule has 0 unspecified atom stereocenters. The normalized spacial score (nSPS) is 16.8. The maximum absolute atomic E-state index is 14.0. The summed E-state index contributed by atoms with van der Waals surface area (Å²) < 4.78 is 27.7. The summed E-state index contributed by atoms with van der Waals surface area (Å²) in [6.45, 7) is 1.26. The topological polar surface area (TPSA) is 43.8 Å². The summed E-state index contributed by atoms with van der Waals surface area (Å²) in [7, 11) is 4.00. The Balaban J connectivity index is 2.19. The van der Waals surface area contributed by atoms with Crippen LogP contribution >= 0.6 is 0 Å². The van der Waals surface area contributed by atoms with Gasteiger partial charge in [-0.25, -0.2) is 13.6 Å². The van der Waals surface area contributed by atoms with Crippen LogP contribution in [0.2, 0.25) is 0 Å². The number of nitrogens with zero attached hydrogens (tertiary/aromatic N) is 2. The molecule has 6 heteroatoms. The molecule has 20 heavy (non-hydrogen) atoms. The van der Waals surface area contributed by atoms with E-state index in [1.54, 1.807) is 4.90 Å². The Morgan fingerprint density at radius 1 is 1.25 bits per heavy atom. The quantitative estimate of drug-likeness (QED) is 0.924. The number of carboxylic acid groups (broad SMARTS) is 1. The molecule has 0 amide bonds. The number of carboxylic acids is 1. The Kier molecular flexibility index (Phi) is 4.23. The molecule has 0 radical (unpaired) electrons. The van der Waals surface area contributed by atoms with Crippen LogP contribution < -0.4 is 4.90 Å². The predicted octanol–water partition coefficient (Wildman–Crippen LogP) is 2.19. The number of piperidine rings is 1. The van der Waals surface area contributed by atoms with E-state index in [1.807, 2.05) is 14.1 Å². The Labute approximate surface area is 116 Å². The zero-order valence-electron chi connectivity index (χ0n) is 11.6. The number of hydrogen-bond donors (Lipinski definition) is 1. The molecule has 1 saturated heterocycles. The van der Waals surface area contributed by atoms with Gasteiger partial charge in [0.1, 0.15) is 0 Å². The second-order valence-electron chi connectivity index (χ2n) is 5.25. The van der Waals surface area contributed by atoms with Crippen molar-refractivity contribution < 1.29 is 18.7 Å². The largest absolute Gasteiger partial charge is 0.478 e. The maximum atomic E-state index is 14.0. The number of hydrogen-bond acceptors (Lipinski definition) is 3. The van der Waals surface area contributed by atoms with Crippen molar-refractivity contribution in [1.82, 2.24) is 4.90 Å². The molecular weight excluding hydrogens is 266 g/mol. The van der Waals surface area contributed by atoms with Crippen molar-refractivity contribution in [3.05, 3.63) is 29.3 Å². The van der Waals surface area contributed by atoms with Gasteiger partial charge in [-0.1, -0.05) is 0 Å². The lowest BCUT2D eigenvalue weighted by Gasteiger charge is -2.36. The molecule has 1 aromatic carbocycles. The standard InChI is InChI=1S/C14H18F2N2O2/c1-17(2)9-5-7-18(8-6-9)11-4-3-10(14(19)20)12(15)13(11)16/h3-4,9H,5-8H2,1-2H3,(H,19,20). The van der Waals surface area contributed by atoms with Gasteiger partial charge in [0, 0.05) is 19.1 Å². The third-order valence-electron chi connectivity index (χ3n) is 3.83. The highest BCUT2D eigenvalue weighted by molar-refractivity contribution is 5.88. The monoisotopic (exact) mass is 284 g/mol. The van der Waals surface area contributed by atoms with Crippen molar-refractivity contribution in [3.8, 4) is 0 Å². The van der Waals surface area contributed by atoms with Crippen LogP contribution in [0.1, 0.15) is 23.2 Å². The van der Waals surface area contributed by atoms with Crippen molar-refractivity contribution in [3.63, 3.8) is 0 Å². The van der Waals surface area contributed by atoms with Gasteiger partial charge in [0.2, 0.25) is 0 Å². The summed E-state index contributed by atoms with van der Waals surface area (Å²) in [5.41, 5.74) is -0.487. The van der Waals surface area contributed by atoms with E-state index in [0.717, 1.165) is 18.9 Å². The molecule has 1 heterocycles. The van der Waals surface area contributed by atoms with Gasteiger partial charge >= 0.3 is 5.97 Å². The van der Waals surface area contributed by atoms with Crippen molar-refractivity contribution in [2.75, 3.05) is 32.1 Å². The van der Waals surface area contributed by atoms with Crippen molar-refractivity contribution in [2.45, 2.75) is 18.9 Å². The van der Waals surface area contributed by atoms with Gasteiger partial charge < -0.3 is 14.9 Å². The predicted molar refractivity (Wildman–Crippen MR) is 72.2 cm³/mol. The highest BCUT2D eigenvalue weighted by Gasteiger charge is 2.25. The van der Waals surface area contributed by atoms with Gasteiger partial charge in [-0.15, -0.1) is 0 Å². The first-order valence-corrected chi connectivity index (χ1v) is 6.54. The molecule has 1 fully saturated rings. The van der Waals surface area contributed by atoms with E-state index in [-0.39, 0.29) is 5.69 Å². The summed E-state index contributed by atoms with van der Waals surface area (Å²) in [6.07, 6.45) is 1.74. The number of anilines is 1. The summed E-state index contributed by atoms with van der Waals surface area (Å²) in [5, 5.41) is 8.76. The molecule has 2 rings (SSSR count). The Morgan fingerprint density at radius 3 is 2.35 bits per heavy atom. The van der Waals surface area contributed by atoms with Gasteiger partial charge in [0.25, 0.3) is 0 Å². The maximum Gasteiger partial charge on any atom is 0.338 e. The zero-order valence-corrected chi connectivity index (χ0v) is 11.6. The van der Waals surface area contributed by atoms with E-state index in [2.05, 4.69) is 4.90 Å². The van der Waals surface area contributed by atoms with Crippen LogP contribution in [-0.2, 0) is 0 Å². The molecule has 0 bridgehead atoms. The molecule has 0 spiro atoms. The third-order valence-corrected chi connectivity index (χ3v) is 3.83. The number of rotatable bonds is 3. The second kappa shape index (κ2) is 5.75. The van der Waals surface area contributed by atoms with Crippen LogP contribution in [-0.4, -0.2) is 49.2 Å². The highest BCUT2D eigenvalue weighted by Crippen LogP contribution is 2.27. The number of carbonyl (C=O) groups is 1. The number of halogens is 2. The smallest absolute Gasteiger partial charge is 0.338 e. The lowest BCUT2D eigenvalue weighted by atomic mass is 10.0. The summed E-state index contributed by atoms with van der Waals surface area (Å²) in [4.78, 5) is 14.6. The van der Waals surface area contributed by atoms with Crippen LogP contribution in [0.15, 0.2) is 12.1 Å². The van der Waals surface area contributed by atoms with E-state index in [0.29, 0.717) is 19.1 Å². The lowest BCUT2D eigenvalue weighted by molar-refractivity contribution is 0.0690. The van der Waals surface area contributed by atoms with Crippen molar-refractivity contribution in [2.24, 2.45) is 0 Å². The summed E-state index contributed by atoms with van der Waals surface area (Å²) in [6, 6.07) is 2.91. The van der Waals surface area contributed by atoms with E-state index in [9.17, 15) is 13.6 Å². The molecule has 1 N–H and O–H groups in total. The van der Waals surface area contributed by atoms with E-state index in [1.165, 1.54) is 6.07 Å². The highest BCUT2D eigenvalue weighted by atomic mass is 19.2. The van der Waals surface area contributed by atoms with E-state index in [4.69, 9.17) is 5.11 Å². The van der Waals surface area contributed by atoms with E-state index >= 15 is 0 Å². The first-order chi connectivity index (χ1) is 9.41. The Hall–Kier alpha value is -1.69. The summed E-state index contributed by atoms with van der Waals surface area (Å²) >= 11 is 0. The zero-order chi connectivity index (χ0) is 14.9. The van der Waals surface area contributed by atoms with Gasteiger partial charge in [-0.05, 0) is 39.1 Å². The molecule has 0 aromatic heterocycles. The van der Waals surface area contributed by atoms with Crippen molar-refractivity contribution >= 4 is 11.7 Å². The van der Waals surface area contributed by atoms with Gasteiger partial charge in [0.05, 0.1) is 11.3 Å². The Morgan fingerprint density at radius 2 is 1.85 bits per heavy atom. The fourth-order valence-corrected chi connectivity index (χ4v) is 2.57. The fourth-order valence-electron chi connectivity index (χ4n) is 2.57. The average molecular weight is 284 g/mol. The first-order valence-electron chi connectivity index (χ1n) is 6.54. The van der Waals surface area contributed by atoms with Gasteiger partial charge in [0.15, 0.2) is 11.6 Å². The molecule has 0 saturated carbocycles. The second-order valence-corrected chi connectivity index (χ2v) is 5.25. The fraction of sp³-hybridized carbons (Fsp3) is 0.500. The molecule has 1 aliphatic rings. The molecule has 1 aromatic rings. The van der Waals surface area contributed by atoms with Crippen molar-refractivity contribution in [1.29, 1.82) is 0 Å². The first kappa shape index (κ1) is 14.7. The van der Waals surface area contributed by atoms with Crippen LogP contribution in [0, 0.1) is 11.6 Å². The van der Waals surface area contributed by atoms with Crippen LogP contribution in [0.25, 0.3) is 0 Å². The molecule has 0 atom stereocenters. The number of benzene rings is 1. The average Bonchev–Trinajstić information content (AvgIpc) is 2.41. The minimum absolute atomic E-state index is 0.143. The Bertz CT molecular complexity index is 512.